The molecule has 0 bridgehead atoms. The highest BCUT2D eigenvalue weighted by Crippen LogP contribution is 2.26. The molecular weight excluding hydrogens is 222 g/mol. The van der Waals surface area contributed by atoms with E-state index in [1.807, 2.05) is 12.3 Å². The van der Waals surface area contributed by atoms with Crippen LogP contribution in [0.5, 0.6) is 0 Å². The van der Waals surface area contributed by atoms with E-state index in [4.69, 9.17) is 0 Å². The number of pyridine rings is 1. The normalized spacial score (nSPS) is 25.1. The van der Waals surface area contributed by atoms with Crippen molar-refractivity contribution >= 4 is 5.82 Å². The van der Waals surface area contributed by atoms with Crippen molar-refractivity contribution in [2.24, 2.45) is 0 Å². The topological polar surface area (TPSA) is 28.2 Å². The van der Waals surface area contributed by atoms with E-state index in [0.29, 0.717) is 12.1 Å². The van der Waals surface area contributed by atoms with Gasteiger partial charge in [-0.05, 0) is 39.7 Å². The lowest BCUT2D eigenvalue weighted by Gasteiger charge is -2.39. The number of hydrogen-bond acceptors (Lipinski definition) is 3. The molecule has 1 aliphatic heterocycles. The number of nitrogens with one attached hydrogen (secondary N) is 1. The molecule has 0 aliphatic carbocycles. The molecule has 0 saturated carbocycles. The van der Waals surface area contributed by atoms with Crippen molar-refractivity contribution in [3.8, 4) is 0 Å². The summed E-state index contributed by atoms with van der Waals surface area (Å²) in [6.07, 6.45) is 5.87. The summed E-state index contributed by atoms with van der Waals surface area (Å²) < 4.78 is 0. The Morgan fingerprint density at radius 2 is 2.06 bits per heavy atom. The van der Waals surface area contributed by atoms with Crippen LogP contribution in [0.4, 0.5) is 5.82 Å². The second kappa shape index (κ2) is 6.19. The van der Waals surface area contributed by atoms with Gasteiger partial charge in [-0.2, -0.15) is 0 Å². The molecule has 1 aliphatic rings. The second-order valence-electron chi connectivity index (χ2n) is 5.34. The zero-order valence-corrected chi connectivity index (χ0v) is 11.8. The molecule has 18 heavy (non-hydrogen) atoms. The van der Waals surface area contributed by atoms with Gasteiger partial charge in [-0.15, -0.1) is 0 Å². The number of likely N-dealkylation sites (tertiary alicyclic amines) is 1. The van der Waals surface area contributed by atoms with Gasteiger partial charge < -0.3 is 5.32 Å². The highest BCUT2D eigenvalue weighted by Gasteiger charge is 2.25. The van der Waals surface area contributed by atoms with Crippen LogP contribution in [-0.2, 0) is 6.54 Å². The summed E-state index contributed by atoms with van der Waals surface area (Å²) in [7, 11) is 0. The van der Waals surface area contributed by atoms with Gasteiger partial charge in [0.2, 0.25) is 0 Å². The van der Waals surface area contributed by atoms with Crippen LogP contribution in [0.1, 0.15) is 45.6 Å². The molecule has 100 valence electrons. The van der Waals surface area contributed by atoms with Gasteiger partial charge in [0.15, 0.2) is 0 Å². The quantitative estimate of drug-likeness (QED) is 0.885. The highest BCUT2D eigenvalue weighted by atomic mass is 15.2. The Morgan fingerprint density at radius 1 is 1.33 bits per heavy atom. The minimum Gasteiger partial charge on any atom is -0.370 e. The smallest absolute Gasteiger partial charge is 0.130 e. The molecule has 2 unspecified atom stereocenters. The number of aromatic nitrogens is 1. The van der Waals surface area contributed by atoms with E-state index in [2.05, 4.69) is 42.0 Å². The number of rotatable bonds is 4. The van der Waals surface area contributed by atoms with Crippen LogP contribution >= 0.6 is 0 Å². The Labute approximate surface area is 111 Å². The van der Waals surface area contributed by atoms with Gasteiger partial charge >= 0.3 is 0 Å². The first-order valence-corrected chi connectivity index (χ1v) is 7.16. The Balaban J connectivity index is 2.12. The summed E-state index contributed by atoms with van der Waals surface area (Å²) in [5, 5.41) is 3.36. The Morgan fingerprint density at radius 3 is 2.72 bits per heavy atom. The van der Waals surface area contributed by atoms with Crippen LogP contribution in [0.15, 0.2) is 18.3 Å². The summed E-state index contributed by atoms with van der Waals surface area (Å²) in [4.78, 5) is 7.06. The predicted octanol–water partition coefficient (Wildman–Crippen LogP) is 3.28. The molecule has 1 fully saturated rings. The van der Waals surface area contributed by atoms with Crippen molar-refractivity contribution in [2.45, 2.75) is 58.7 Å². The maximum absolute atomic E-state index is 4.45. The van der Waals surface area contributed by atoms with Crippen LogP contribution in [0.3, 0.4) is 0 Å². The van der Waals surface area contributed by atoms with Crippen molar-refractivity contribution in [3.63, 3.8) is 0 Å². The molecule has 1 saturated heterocycles. The number of nitrogens with zero attached hydrogens (tertiary/aromatic N) is 2. The van der Waals surface area contributed by atoms with Crippen LogP contribution in [0.2, 0.25) is 0 Å². The maximum Gasteiger partial charge on any atom is 0.130 e. The lowest BCUT2D eigenvalue weighted by atomic mass is 9.97. The van der Waals surface area contributed by atoms with Gasteiger partial charge in [0, 0.05) is 36.9 Å². The summed E-state index contributed by atoms with van der Waals surface area (Å²) >= 11 is 0. The van der Waals surface area contributed by atoms with Crippen molar-refractivity contribution in [3.05, 3.63) is 23.9 Å². The fourth-order valence-corrected chi connectivity index (χ4v) is 2.88. The molecule has 1 aromatic rings. The number of hydrogen-bond donors (Lipinski definition) is 1. The number of anilines is 1. The fraction of sp³-hybridized carbons (Fsp3) is 0.667. The van der Waals surface area contributed by atoms with Crippen molar-refractivity contribution in [2.75, 3.05) is 11.9 Å². The molecule has 3 nitrogen and oxygen atoms in total. The fourth-order valence-electron chi connectivity index (χ4n) is 2.88. The van der Waals surface area contributed by atoms with E-state index < -0.39 is 0 Å². The average molecular weight is 247 g/mol. The molecule has 2 heterocycles. The third-order valence-corrected chi connectivity index (χ3v) is 3.96. The molecule has 3 heteroatoms. The van der Waals surface area contributed by atoms with Crippen molar-refractivity contribution in [1.82, 2.24) is 9.88 Å². The third-order valence-electron chi connectivity index (χ3n) is 3.96. The van der Waals surface area contributed by atoms with E-state index in [1.165, 1.54) is 24.8 Å². The Bertz CT molecular complexity index is 368. The first-order chi connectivity index (χ1) is 8.72. The van der Waals surface area contributed by atoms with E-state index in [0.717, 1.165) is 18.9 Å². The first-order valence-electron chi connectivity index (χ1n) is 7.16. The van der Waals surface area contributed by atoms with Crippen molar-refractivity contribution < 1.29 is 0 Å². The van der Waals surface area contributed by atoms with Gasteiger partial charge in [0.1, 0.15) is 5.82 Å². The van der Waals surface area contributed by atoms with Gasteiger partial charge in [-0.3, -0.25) is 4.90 Å². The predicted molar refractivity (Wildman–Crippen MR) is 76.7 cm³/mol. The van der Waals surface area contributed by atoms with Gasteiger partial charge in [-0.1, -0.05) is 12.5 Å². The zero-order chi connectivity index (χ0) is 13.0. The minimum atomic E-state index is 0.684. The lowest BCUT2D eigenvalue weighted by molar-refractivity contribution is 0.0954. The molecule has 0 aromatic carbocycles. The Hall–Kier alpha value is -1.09. The monoisotopic (exact) mass is 247 g/mol. The van der Waals surface area contributed by atoms with Gasteiger partial charge in [0.05, 0.1) is 0 Å². The van der Waals surface area contributed by atoms with Gasteiger partial charge in [0.25, 0.3) is 0 Å². The van der Waals surface area contributed by atoms with E-state index >= 15 is 0 Å². The maximum atomic E-state index is 4.45. The summed E-state index contributed by atoms with van der Waals surface area (Å²) in [5.74, 6) is 1.05. The van der Waals surface area contributed by atoms with Crippen LogP contribution < -0.4 is 5.32 Å². The van der Waals surface area contributed by atoms with Crippen LogP contribution in [0, 0.1) is 0 Å². The average Bonchev–Trinajstić information content (AvgIpc) is 2.36. The largest absolute Gasteiger partial charge is 0.370 e. The van der Waals surface area contributed by atoms with E-state index in [1.54, 1.807) is 0 Å². The second-order valence-corrected chi connectivity index (χ2v) is 5.34. The molecule has 0 spiro atoms. The van der Waals surface area contributed by atoms with Crippen molar-refractivity contribution in [1.29, 1.82) is 0 Å². The molecular formula is C15H25N3. The van der Waals surface area contributed by atoms with E-state index in [-0.39, 0.29) is 0 Å². The highest BCUT2D eigenvalue weighted by molar-refractivity contribution is 5.43. The molecule has 0 radical (unpaired) electrons. The summed E-state index contributed by atoms with van der Waals surface area (Å²) in [6, 6.07) is 5.60. The SMILES string of the molecule is CCNc1ncccc1CN1C(C)CCCC1C. The first kappa shape index (κ1) is 13.3. The zero-order valence-electron chi connectivity index (χ0n) is 11.8. The number of piperidine rings is 1. The Kier molecular flexibility index (Phi) is 4.59. The van der Waals surface area contributed by atoms with Crippen LogP contribution in [0.25, 0.3) is 0 Å². The summed E-state index contributed by atoms with van der Waals surface area (Å²) in [6.45, 7) is 8.75. The molecule has 1 N–H and O–H groups in total. The standard InChI is InChI=1S/C15H25N3/c1-4-16-15-14(9-6-10-17-15)11-18-12(2)7-5-8-13(18)3/h6,9-10,12-13H,4-5,7-8,11H2,1-3H3,(H,16,17). The molecule has 0 amide bonds. The molecule has 1 aromatic heterocycles. The van der Waals surface area contributed by atoms with E-state index in [9.17, 15) is 0 Å². The minimum absolute atomic E-state index is 0.684. The molecule has 2 atom stereocenters. The third kappa shape index (κ3) is 3.02. The van der Waals surface area contributed by atoms with Gasteiger partial charge in [-0.25, -0.2) is 4.98 Å². The van der Waals surface area contributed by atoms with Crippen LogP contribution in [-0.4, -0.2) is 28.5 Å². The summed E-state index contributed by atoms with van der Waals surface area (Å²) in [5.41, 5.74) is 1.32. The lowest BCUT2D eigenvalue weighted by Crippen LogP contribution is -2.43. The molecule has 2 rings (SSSR count).